The van der Waals surface area contributed by atoms with Gasteiger partial charge >= 0.3 is 0 Å². The molecule has 0 radical (unpaired) electrons. The van der Waals surface area contributed by atoms with Gasteiger partial charge in [0, 0.05) is 0 Å². The number of hydrogen-bond donors (Lipinski definition) is 0. The van der Waals surface area contributed by atoms with Gasteiger partial charge in [0.2, 0.25) is 0 Å². The van der Waals surface area contributed by atoms with Crippen LogP contribution in [-0.4, -0.2) is 13.2 Å². The van der Waals surface area contributed by atoms with E-state index in [1.807, 2.05) is 0 Å². The quantitative estimate of drug-likeness (QED) is 0.0263. The molecule has 0 atom stereocenters. The first-order chi connectivity index (χ1) is 28.8. The summed E-state index contributed by atoms with van der Waals surface area (Å²) in [4.78, 5) is 0. The third-order valence-electron chi connectivity index (χ3n) is 11.7. The van der Waals surface area contributed by atoms with E-state index in [-0.39, 0.29) is 0 Å². The average Bonchev–Trinajstić information content (AvgIpc) is 3.26. The van der Waals surface area contributed by atoms with Crippen LogP contribution in [-0.2, 0) is 0 Å². The highest BCUT2D eigenvalue weighted by molar-refractivity contribution is 6.14. The van der Waals surface area contributed by atoms with Crippen LogP contribution < -0.4 is 9.47 Å². The third-order valence-corrected chi connectivity index (χ3v) is 11.7. The summed E-state index contributed by atoms with van der Waals surface area (Å²) in [5.41, 5.74) is 4.84. The van der Waals surface area contributed by atoms with Gasteiger partial charge in [0.05, 0.1) is 13.2 Å². The fourth-order valence-electron chi connectivity index (χ4n) is 8.18. The molecule has 0 N–H and O–H groups in total. The van der Waals surface area contributed by atoms with Crippen LogP contribution >= 0.6 is 0 Å². The van der Waals surface area contributed by atoms with Gasteiger partial charge in [-0.3, -0.25) is 0 Å². The number of unbranched alkanes of at least 4 members (excludes halogenated alkanes) is 20. The van der Waals surface area contributed by atoms with Gasteiger partial charge in [0.1, 0.15) is 11.5 Å². The van der Waals surface area contributed by atoms with Crippen LogP contribution in [0.5, 0.6) is 11.5 Å². The Hall–Kier alpha value is -4.30. The molecule has 0 saturated carbocycles. The molecule has 5 aromatic rings. The van der Waals surface area contributed by atoms with Crippen LogP contribution in [0.2, 0.25) is 0 Å². The summed E-state index contributed by atoms with van der Waals surface area (Å²) in [5, 5.41) is 5.04. The summed E-state index contributed by atoms with van der Waals surface area (Å²) < 4.78 is 12.2. The summed E-state index contributed by atoms with van der Waals surface area (Å²) in [6.45, 7) is 6.17. The maximum absolute atomic E-state index is 6.10. The van der Waals surface area contributed by atoms with E-state index in [2.05, 4.69) is 135 Å². The van der Waals surface area contributed by atoms with Gasteiger partial charge in [0.25, 0.3) is 0 Å². The number of hydrogen-bond acceptors (Lipinski definition) is 2. The zero-order valence-electron chi connectivity index (χ0n) is 36.3. The minimum Gasteiger partial charge on any atom is -0.494 e. The number of rotatable bonds is 30. The van der Waals surface area contributed by atoms with E-state index in [1.54, 1.807) is 0 Å². The van der Waals surface area contributed by atoms with Crippen LogP contribution in [0.15, 0.2) is 97.1 Å². The van der Waals surface area contributed by atoms with Crippen molar-refractivity contribution in [3.05, 3.63) is 119 Å². The van der Waals surface area contributed by atoms with E-state index in [9.17, 15) is 0 Å². The van der Waals surface area contributed by atoms with Crippen LogP contribution in [0, 0.1) is 0 Å². The van der Waals surface area contributed by atoms with Gasteiger partial charge in [-0.05, 0) is 80.9 Å². The smallest absolute Gasteiger partial charge is 0.119 e. The Balaban J connectivity index is 1.10. The second-order valence-corrected chi connectivity index (χ2v) is 16.5. The first-order valence-electron chi connectivity index (χ1n) is 23.5. The number of fused-ring (bicyclic) bond motifs is 2. The van der Waals surface area contributed by atoms with Crippen molar-refractivity contribution in [3.63, 3.8) is 0 Å². The molecule has 0 heterocycles. The lowest BCUT2D eigenvalue weighted by atomic mass is 9.91. The highest BCUT2D eigenvalue weighted by atomic mass is 16.5. The van der Waals surface area contributed by atoms with Gasteiger partial charge in [-0.1, -0.05) is 239 Å². The molecule has 0 aliphatic heterocycles. The molecule has 0 aliphatic rings. The number of benzene rings is 5. The summed E-state index contributed by atoms with van der Waals surface area (Å²) in [6, 6.07) is 34.8. The monoisotopic (exact) mass is 779 g/mol. The summed E-state index contributed by atoms with van der Waals surface area (Å²) in [5.74, 6) is 1.91. The molecule has 0 fully saturated rings. The molecule has 5 aromatic carbocycles. The van der Waals surface area contributed by atoms with Gasteiger partial charge < -0.3 is 9.47 Å². The van der Waals surface area contributed by atoms with Crippen molar-refractivity contribution in [2.45, 2.75) is 155 Å². The van der Waals surface area contributed by atoms with Gasteiger partial charge in [0.15, 0.2) is 0 Å². The normalized spacial score (nSPS) is 11.8. The van der Waals surface area contributed by atoms with Crippen LogP contribution in [0.25, 0.3) is 45.8 Å². The minimum absolute atomic E-state index is 0.796. The molecule has 0 aliphatic carbocycles. The lowest BCUT2D eigenvalue weighted by Gasteiger charge is -2.13. The van der Waals surface area contributed by atoms with Crippen molar-refractivity contribution in [2.75, 3.05) is 13.2 Å². The standard InChI is InChI=1S/C56H74O2/c1-3-5-7-9-11-13-15-17-19-21-27-45-57-49-39-33-47(34-40-49)37-43-55-51-29-23-25-31-53(51)56(54-32-26-24-30-52(54)55)44-38-48-35-41-50(42-36-48)58-46-28-22-20-18-16-14-12-10-8-6-4-2/h23-26,29-44H,3-22,27-28,45-46H2,1-2H3/b43-37+,44-38+. The average molecular weight is 779 g/mol. The Kier molecular flexibility index (Phi) is 21.2. The van der Waals surface area contributed by atoms with Crippen LogP contribution in [0.3, 0.4) is 0 Å². The molecule has 0 spiro atoms. The minimum atomic E-state index is 0.796. The molecule has 2 heteroatoms. The predicted octanol–water partition coefficient (Wildman–Crippen LogP) is 17.7. The Bertz CT molecular complexity index is 1700. The van der Waals surface area contributed by atoms with E-state index < -0.39 is 0 Å². The Morgan fingerprint density at radius 1 is 0.310 bits per heavy atom. The molecule has 0 saturated heterocycles. The first-order valence-corrected chi connectivity index (χ1v) is 23.5. The molecular formula is C56H74O2. The summed E-state index contributed by atoms with van der Waals surface area (Å²) in [7, 11) is 0. The molecular weight excluding hydrogens is 705 g/mol. The molecule has 58 heavy (non-hydrogen) atoms. The van der Waals surface area contributed by atoms with Gasteiger partial charge in [-0.25, -0.2) is 0 Å². The zero-order valence-corrected chi connectivity index (χ0v) is 36.3. The third kappa shape index (κ3) is 15.8. The Morgan fingerprint density at radius 3 is 0.879 bits per heavy atom. The number of ether oxygens (including phenoxy) is 2. The second-order valence-electron chi connectivity index (χ2n) is 16.5. The van der Waals surface area contributed by atoms with E-state index in [0.29, 0.717) is 0 Å². The zero-order chi connectivity index (χ0) is 40.3. The van der Waals surface area contributed by atoms with Crippen LogP contribution in [0.4, 0.5) is 0 Å². The lowest BCUT2D eigenvalue weighted by Crippen LogP contribution is -1.97. The van der Waals surface area contributed by atoms with Crippen molar-refractivity contribution in [1.82, 2.24) is 0 Å². The first kappa shape index (κ1) is 44.8. The molecule has 0 bridgehead atoms. The lowest BCUT2D eigenvalue weighted by molar-refractivity contribution is 0.304. The summed E-state index contributed by atoms with van der Waals surface area (Å²) >= 11 is 0. The molecule has 0 aromatic heterocycles. The van der Waals surface area contributed by atoms with Crippen LogP contribution in [0.1, 0.15) is 177 Å². The molecule has 5 rings (SSSR count). The maximum Gasteiger partial charge on any atom is 0.119 e. The topological polar surface area (TPSA) is 18.5 Å². The van der Waals surface area contributed by atoms with E-state index in [4.69, 9.17) is 9.47 Å². The molecule has 0 amide bonds. The highest BCUT2D eigenvalue weighted by Crippen LogP contribution is 2.35. The van der Waals surface area contributed by atoms with Crippen molar-refractivity contribution >= 4 is 45.8 Å². The highest BCUT2D eigenvalue weighted by Gasteiger charge is 2.11. The van der Waals surface area contributed by atoms with E-state index >= 15 is 0 Å². The second kappa shape index (κ2) is 27.4. The molecule has 0 unspecified atom stereocenters. The fraction of sp³-hybridized carbons (Fsp3) is 0.464. The predicted molar refractivity (Wildman–Crippen MR) is 256 cm³/mol. The van der Waals surface area contributed by atoms with Crippen molar-refractivity contribution in [3.8, 4) is 11.5 Å². The Morgan fingerprint density at radius 2 is 0.586 bits per heavy atom. The van der Waals surface area contributed by atoms with Gasteiger partial charge in [-0.15, -0.1) is 0 Å². The van der Waals surface area contributed by atoms with E-state index in [1.165, 1.54) is 172 Å². The SMILES string of the molecule is CCCCCCCCCCCCCOc1ccc(/C=C/c2c3ccccc3c(/C=C/c3ccc(OCCCCCCCCCCCCC)cc3)c3ccccc23)cc1. The summed E-state index contributed by atoms with van der Waals surface area (Å²) in [6.07, 6.45) is 38.7. The van der Waals surface area contributed by atoms with E-state index in [0.717, 1.165) is 37.6 Å². The van der Waals surface area contributed by atoms with Crippen molar-refractivity contribution in [1.29, 1.82) is 0 Å². The molecule has 310 valence electrons. The maximum atomic E-state index is 6.10. The largest absolute Gasteiger partial charge is 0.494 e. The van der Waals surface area contributed by atoms with Crippen molar-refractivity contribution in [2.24, 2.45) is 0 Å². The van der Waals surface area contributed by atoms with Crippen molar-refractivity contribution < 1.29 is 9.47 Å². The fourth-order valence-corrected chi connectivity index (χ4v) is 8.18. The Labute approximate surface area is 353 Å². The van der Waals surface area contributed by atoms with Gasteiger partial charge in [-0.2, -0.15) is 0 Å². The molecule has 2 nitrogen and oxygen atoms in total.